The van der Waals surface area contributed by atoms with Crippen LogP contribution in [0.3, 0.4) is 0 Å². The van der Waals surface area contributed by atoms with E-state index >= 15 is 0 Å². The topological polar surface area (TPSA) is 131 Å². The van der Waals surface area contributed by atoms with Gasteiger partial charge in [-0.25, -0.2) is 4.79 Å². The van der Waals surface area contributed by atoms with Crippen LogP contribution in [0.25, 0.3) is 0 Å². The maximum Gasteiger partial charge on any atom is 0.331 e. The molecule has 0 fully saturated rings. The van der Waals surface area contributed by atoms with Gasteiger partial charge in [0.1, 0.15) is 5.54 Å². The van der Waals surface area contributed by atoms with Crippen molar-refractivity contribution in [1.82, 2.24) is 15.5 Å². The molecule has 1 aromatic carbocycles. The fourth-order valence-electron chi connectivity index (χ4n) is 3.38. The molecule has 0 radical (unpaired) electrons. The molecular weight excluding hydrogens is 510 g/mol. The molecule has 0 aliphatic carbocycles. The van der Waals surface area contributed by atoms with E-state index in [2.05, 4.69) is 10.6 Å². The predicted molar refractivity (Wildman–Crippen MR) is 146 cm³/mol. The van der Waals surface area contributed by atoms with Crippen LogP contribution in [0.2, 0.25) is 0 Å². The second-order valence-electron chi connectivity index (χ2n) is 9.59. The molecule has 2 N–H and O–H groups in total. The van der Waals surface area contributed by atoms with Gasteiger partial charge in [-0.3, -0.25) is 19.2 Å². The van der Waals surface area contributed by atoms with Crippen LogP contribution in [0.4, 0.5) is 0 Å². The summed E-state index contributed by atoms with van der Waals surface area (Å²) >= 11 is 0.898. The van der Waals surface area contributed by atoms with Gasteiger partial charge in [0.2, 0.25) is 11.8 Å². The van der Waals surface area contributed by atoms with Gasteiger partial charge in [0.25, 0.3) is 5.91 Å². The molecule has 2 atom stereocenters. The standard InChI is InChI=1S/C27H41N3O7S/c1-8-30(9-2)22(32)17-37-25(34)21(16-36-15-20-13-11-10-12-14-20)28-26(35)27(6,7)29-24(33)23(18(3)4)38-19(5)31/h10-14,18,21,23H,8-9,15-17H2,1-7H3,(H,28,35)(H,29,33)/t21-,23-/m0/s1. The molecule has 0 aliphatic heterocycles. The molecule has 0 heterocycles. The first kappa shape index (κ1) is 33.1. The molecule has 0 unspecified atom stereocenters. The highest BCUT2D eigenvalue weighted by Crippen LogP contribution is 2.21. The van der Waals surface area contributed by atoms with E-state index in [4.69, 9.17) is 9.47 Å². The minimum Gasteiger partial charge on any atom is -0.454 e. The molecule has 212 valence electrons. The first-order valence-electron chi connectivity index (χ1n) is 12.7. The molecular formula is C27H41N3O7S. The number of amides is 3. The van der Waals surface area contributed by atoms with Crippen LogP contribution in [-0.2, 0) is 40.1 Å². The van der Waals surface area contributed by atoms with Crippen LogP contribution < -0.4 is 10.6 Å². The van der Waals surface area contributed by atoms with Crippen molar-refractivity contribution in [2.24, 2.45) is 5.92 Å². The molecule has 0 bridgehead atoms. The zero-order valence-corrected chi connectivity index (χ0v) is 24.2. The Morgan fingerprint density at radius 2 is 1.63 bits per heavy atom. The number of rotatable bonds is 15. The second kappa shape index (κ2) is 16.1. The third-order valence-electron chi connectivity index (χ3n) is 5.60. The van der Waals surface area contributed by atoms with Gasteiger partial charge in [-0.05, 0) is 39.2 Å². The third kappa shape index (κ3) is 11.2. The SMILES string of the molecule is CCN(CC)C(=O)COC(=O)[C@H](COCc1ccccc1)NC(=O)C(C)(C)NC(=O)[C@@H](SC(C)=O)C(C)C. The predicted octanol–water partition coefficient (Wildman–Crippen LogP) is 2.30. The highest BCUT2D eigenvalue weighted by molar-refractivity contribution is 8.14. The number of esters is 1. The van der Waals surface area contributed by atoms with E-state index in [1.54, 1.807) is 0 Å². The van der Waals surface area contributed by atoms with Gasteiger partial charge in [0, 0.05) is 20.0 Å². The fraction of sp³-hybridized carbons (Fsp3) is 0.593. The van der Waals surface area contributed by atoms with E-state index < -0.39 is 41.2 Å². The highest BCUT2D eigenvalue weighted by atomic mass is 32.2. The van der Waals surface area contributed by atoms with Gasteiger partial charge in [0.05, 0.1) is 18.5 Å². The van der Waals surface area contributed by atoms with Crippen molar-refractivity contribution in [3.05, 3.63) is 35.9 Å². The quantitative estimate of drug-likeness (QED) is 0.318. The Morgan fingerprint density at radius 1 is 1.03 bits per heavy atom. The number of nitrogens with zero attached hydrogens (tertiary/aromatic N) is 1. The zero-order chi connectivity index (χ0) is 28.9. The van der Waals surface area contributed by atoms with Crippen molar-refractivity contribution in [1.29, 1.82) is 0 Å². The molecule has 10 nitrogen and oxygen atoms in total. The monoisotopic (exact) mass is 551 g/mol. The van der Waals surface area contributed by atoms with Crippen molar-refractivity contribution in [3.8, 4) is 0 Å². The molecule has 0 spiro atoms. The van der Waals surface area contributed by atoms with Crippen LogP contribution in [-0.4, -0.2) is 76.8 Å². The molecule has 0 saturated heterocycles. The fourth-order valence-corrected chi connectivity index (χ4v) is 4.18. The van der Waals surface area contributed by atoms with E-state index in [0.717, 1.165) is 17.3 Å². The van der Waals surface area contributed by atoms with E-state index in [-0.39, 0.29) is 30.2 Å². The van der Waals surface area contributed by atoms with Gasteiger partial charge in [-0.1, -0.05) is 55.9 Å². The van der Waals surface area contributed by atoms with Crippen molar-refractivity contribution in [3.63, 3.8) is 0 Å². The summed E-state index contributed by atoms with van der Waals surface area (Å²) in [5.74, 6) is -2.46. The Hall–Kier alpha value is -2.92. The van der Waals surface area contributed by atoms with Crippen molar-refractivity contribution >= 4 is 40.6 Å². The summed E-state index contributed by atoms with van der Waals surface area (Å²) in [6, 6.07) is 8.07. The molecule has 38 heavy (non-hydrogen) atoms. The zero-order valence-electron chi connectivity index (χ0n) is 23.4. The number of ether oxygens (including phenoxy) is 2. The number of carbonyl (C=O) groups excluding carboxylic acids is 5. The van der Waals surface area contributed by atoms with Gasteiger partial charge >= 0.3 is 5.97 Å². The first-order chi connectivity index (χ1) is 17.8. The Bertz CT molecular complexity index is 949. The van der Waals surface area contributed by atoms with E-state index in [0.29, 0.717) is 13.1 Å². The van der Waals surface area contributed by atoms with E-state index in [1.165, 1.54) is 25.7 Å². The number of hydrogen-bond acceptors (Lipinski definition) is 8. The molecule has 3 amide bonds. The lowest BCUT2D eigenvalue weighted by molar-refractivity contribution is -0.156. The summed E-state index contributed by atoms with van der Waals surface area (Å²) in [6.45, 7) is 12.1. The Kier molecular flexibility index (Phi) is 14.1. The van der Waals surface area contributed by atoms with Crippen LogP contribution >= 0.6 is 11.8 Å². The van der Waals surface area contributed by atoms with Crippen LogP contribution in [0.15, 0.2) is 30.3 Å². The normalized spacial score (nSPS) is 12.8. The number of carbonyl (C=O) groups is 5. The van der Waals surface area contributed by atoms with Gasteiger partial charge in [-0.2, -0.15) is 0 Å². The summed E-state index contributed by atoms with van der Waals surface area (Å²) in [5.41, 5.74) is -0.547. The lowest BCUT2D eigenvalue weighted by atomic mass is 10.0. The van der Waals surface area contributed by atoms with E-state index in [1.807, 2.05) is 58.0 Å². The maximum absolute atomic E-state index is 13.2. The van der Waals surface area contributed by atoms with Gasteiger partial charge in [-0.15, -0.1) is 0 Å². The molecule has 0 saturated carbocycles. The van der Waals surface area contributed by atoms with Gasteiger partial charge < -0.3 is 25.0 Å². The maximum atomic E-state index is 13.2. The second-order valence-corrected chi connectivity index (χ2v) is 10.9. The Balaban J connectivity index is 2.95. The first-order valence-corrected chi connectivity index (χ1v) is 13.6. The van der Waals surface area contributed by atoms with Crippen LogP contribution in [0.1, 0.15) is 54.0 Å². The average Bonchev–Trinajstić information content (AvgIpc) is 2.85. The highest BCUT2D eigenvalue weighted by Gasteiger charge is 2.36. The van der Waals surface area contributed by atoms with Crippen molar-refractivity contribution in [2.75, 3.05) is 26.3 Å². The number of hydrogen-bond donors (Lipinski definition) is 2. The molecule has 11 heteroatoms. The summed E-state index contributed by atoms with van der Waals surface area (Å²) in [7, 11) is 0. The lowest BCUT2D eigenvalue weighted by Crippen LogP contribution is -2.60. The lowest BCUT2D eigenvalue weighted by Gasteiger charge is -2.30. The molecule has 1 rings (SSSR count). The van der Waals surface area contributed by atoms with Crippen molar-refractivity contribution < 1.29 is 33.4 Å². The number of likely N-dealkylation sites (N-methyl/N-ethyl adjacent to an activating group) is 1. The number of thioether (sulfide) groups is 1. The molecule has 0 aliphatic rings. The van der Waals surface area contributed by atoms with Gasteiger partial charge in [0.15, 0.2) is 17.8 Å². The number of nitrogens with one attached hydrogen (secondary N) is 2. The summed E-state index contributed by atoms with van der Waals surface area (Å²) in [4.78, 5) is 64.3. The average molecular weight is 552 g/mol. The Morgan fingerprint density at radius 3 is 2.16 bits per heavy atom. The van der Waals surface area contributed by atoms with Crippen molar-refractivity contribution in [2.45, 2.75) is 71.9 Å². The van der Waals surface area contributed by atoms with E-state index in [9.17, 15) is 24.0 Å². The summed E-state index contributed by atoms with van der Waals surface area (Å²) < 4.78 is 10.9. The molecule has 1 aromatic rings. The smallest absolute Gasteiger partial charge is 0.331 e. The summed E-state index contributed by atoms with van der Waals surface area (Å²) in [6.07, 6.45) is 0. The van der Waals surface area contributed by atoms with Crippen LogP contribution in [0, 0.1) is 5.92 Å². The number of benzene rings is 1. The molecule has 0 aromatic heterocycles. The largest absolute Gasteiger partial charge is 0.454 e. The van der Waals surface area contributed by atoms with Crippen LogP contribution in [0.5, 0.6) is 0 Å². The summed E-state index contributed by atoms with van der Waals surface area (Å²) in [5, 5.41) is 4.37. The third-order valence-corrected chi connectivity index (χ3v) is 6.94. The Labute approximate surface area is 229 Å². The minimum absolute atomic E-state index is 0.153. The minimum atomic E-state index is -1.42.